The molecular weight excluding hydrogens is 190 g/mol. The molecule has 3 nitrogen and oxygen atoms in total. The summed E-state index contributed by atoms with van der Waals surface area (Å²) < 4.78 is 5.59. The molecule has 0 spiro atoms. The minimum atomic E-state index is -0.564. The average Bonchev–Trinajstić information content (AvgIpc) is 2.15. The van der Waals surface area contributed by atoms with E-state index < -0.39 is 12.0 Å². The van der Waals surface area contributed by atoms with Crippen LogP contribution >= 0.6 is 0 Å². The topological polar surface area (TPSA) is 52.3 Å². The van der Waals surface area contributed by atoms with E-state index in [-0.39, 0.29) is 5.92 Å². The van der Waals surface area contributed by atoms with Gasteiger partial charge < -0.3 is 10.5 Å². The number of carbonyl (C=O) groups excluding carboxylic acids is 1. The SMILES string of the molecule is Cc1ccccc1OC(C(N)=O)C(C)C. The van der Waals surface area contributed by atoms with Crippen molar-refractivity contribution in [3.8, 4) is 5.75 Å². The molecule has 1 aromatic rings. The summed E-state index contributed by atoms with van der Waals surface area (Å²) in [7, 11) is 0. The number of rotatable bonds is 4. The summed E-state index contributed by atoms with van der Waals surface area (Å²) in [6, 6.07) is 7.58. The zero-order valence-corrected chi connectivity index (χ0v) is 9.36. The third kappa shape index (κ3) is 2.98. The standard InChI is InChI=1S/C12H17NO2/c1-8(2)11(12(13)14)15-10-7-5-4-6-9(10)3/h4-8,11H,1-3H3,(H2,13,14). The van der Waals surface area contributed by atoms with E-state index >= 15 is 0 Å². The Morgan fingerprint density at radius 2 is 1.93 bits per heavy atom. The second-order valence-electron chi connectivity index (χ2n) is 3.95. The second-order valence-corrected chi connectivity index (χ2v) is 3.95. The summed E-state index contributed by atoms with van der Waals surface area (Å²) in [5.74, 6) is 0.366. The Kier molecular flexibility index (Phi) is 3.72. The molecule has 82 valence electrons. The molecular formula is C12H17NO2. The van der Waals surface area contributed by atoms with E-state index in [9.17, 15) is 4.79 Å². The van der Waals surface area contributed by atoms with Gasteiger partial charge in [0.25, 0.3) is 5.91 Å². The fraction of sp³-hybridized carbons (Fsp3) is 0.417. The fourth-order valence-electron chi connectivity index (χ4n) is 1.35. The molecule has 0 aliphatic heterocycles. The molecule has 0 aliphatic carbocycles. The van der Waals surface area contributed by atoms with E-state index in [1.165, 1.54) is 0 Å². The predicted molar refractivity (Wildman–Crippen MR) is 59.6 cm³/mol. The number of benzene rings is 1. The van der Waals surface area contributed by atoms with Gasteiger partial charge >= 0.3 is 0 Å². The number of aryl methyl sites for hydroxylation is 1. The summed E-state index contributed by atoms with van der Waals surface area (Å²) in [5, 5.41) is 0. The van der Waals surface area contributed by atoms with Gasteiger partial charge in [-0.3, -0.25) is 4.79 Å². The fourth-order valence-corrected chi connectivity index (χ4v) is 1.35. The Labute approximate surface area is 90.2 Å². The predicted octanol–water partition coefficient (Wildman–Crippen LogP) is 1.88. The normalized spacial score (nSPS) is 12.5. The molecule has 0 heterocycles. The zero-order valence-electron chi connectivity index (χ0n) is 9.36. The molecule has 1 amide bonds. The van der Waals surface area contributed by atoms with Crippen molar-refractivity contribution in [3.05, 3.63) is 29.8 Å². The van der Waals surface area contributed by atoms with Gasteiger partial charge in [0.2, 0.25) is 0 Å². The Bertz CT molecular complexity index is 347. The van der Waals surface area contributed by atoms with Gasteiger partial charge in [0.05, 0.1) is 0 Å². The van der Waals surface area contributed by atoms with Gasteiger partial charge in [-0.2, -0.15) is 0 Å². The van der Waals surface area contributed by atoms with Gasteiger partial charge in [0.15, 0.2) is 6.10 Å². The van der Waals surface area contributed by atoms with Crippen molar-refractivity contribution in [3.63, 3.8) is 0 Å². The van der Waals surface area contributed by atoms with Gasteiger partial charge in [-0.1, -0.05) is 32.0 Å². The summed E-state index contributed by atoms with van der Waals surface area (Å²) in [6.07, 6.45) is -0.564. The highest BCUT2D eigenvalue weighted by Gasteiger charge is 2.21. The quantitative estimate of drug-likeness (QED) is 0.819. The number of hydrogen-bond donors (Lipinski definition) is 1. The molecule has 0 saturated heterocycles. The van der Waals surface area contributed by atoms with Crippen LogP contribution in [0, 0.1) is 12.8 Å². The molecule has 0 fully saturated rings. The minimum Gasteiger partial charge on any atom is -0.480 e. The lowest BCUT2D eigenvalue weighted by Crippen LogP contribution is -2.38. The minimum absolute atomic E-state index is 0.0714. The second kappa shape index (κ2) is 4.82. The summed E-state index contributed by atoms with van der Waals surface area (Å²) >= 11 is 0. The lowest BCUT2D eigenvalue weighted by molar-refractivity contribution is -0.126. The van der Waals surface area contributed by atoms with Crippen molar-refractivity contribution in [1.29, 1.82) is 0 Å². The van der Waals surface area contributed by atoms with Crippen LogP contribution in [0.3, 0.4) is 0 Å². The largest absolute Gasteiger partial charge is 0.480 e. The molecule has 1 unspecified atom stereocenters. The molecule has 1 rings (SSSR count). The number of ether oxygens (including phenoxy) is 1. The first kappa shape index (κ1) is 11.6. The smallest absolute Gasteiger partial charge is 0.258 e. The Balaban J connectivity index is 2.84. The maximum Gasteiger partial charge on any atom is 0.258 e. The molecule has 3 heteroatoms. The van der Waals surface area contributed by atoms with Gasteiger partial charge in [0.1, 0.15) is 5.75 Å². The van der Waals surface area contributed by atoms with Crippen molar-refractivity contribution in [1.82, 2.24) is 0 Å². The van der Waals surface area contributed by atoms with Gasteiger partial charge in [-0.15, -0.1) is 0 Å². The number of amides is 1. The van der Waals surface area contributed by atoms with E-state index in [2.05, 4.69) is 0 Å². The molecule has 0 saturated carbocycles. The Morgan fingerprint density at radius 3 is 2.40 bits per heavy atom. The summed E-state index contributed by atoms with van der Waals surface area (Å²) in [6.45, 7) is 5.76. The number of hydrogen-bond acceptors (Lipinski definition) is 2. The van der Waals surface area contributed by atoms with E-state index in [0.717, 1.165) is 11.3 Å². The lowest BCUT2D eigenvalue weighted by atomic mass is 10.1. The Hall–Kier alpha value is -1.51. The van der Waals surface area contributed by atoms with Gasteiger partial charge in [0, 0.05) is 0 Å². The Morgan fingerprint density at radius 1 is 1.33 bits per heavy atom. The number of primary amides is 1. The van der Waals surface area contributed by atoms with Crippen molar-refractivity contribution >= 4 is 5.91 Å². The van der Waals surface area contributed by atoms with Crippen molar-refractivity contribution in [2.45, 2.75) is 26.9 Å². The first-order valence-corrected chi connectivity index (χ1v) is 5.04. The van der Waals surface area contributed by atoms with E-state index in [0.29, 0.717) is 0 Å². The monoisotopic (exact) mass is 207 g/mol. The maximum atomic E-state index is 11.2. The highest BCUT2D eigenvalue weighted by Crippen LogP contribution is 2.20. The third-order valence-corrected chi connectivity index (χ3v) is 2.23. The molecule has 0 radical (unpaired) electrons. The number of nitrogens with two attached hydrogens (primary N) is 1. The van der Waals surface area contributed by atoms with Crippen LogP contribution in [0.5, 0.6) is 5.75 Å². The van der Waals surface area contributed by atoms with Gasteiger partial charge in [-0.05, 0) is 24.5 Å². The van der Waals surface area contributed by atoms with E-state index in [4.69, 9.17) is 10.5 Å². The molecule has 1 aromatic carbocycles. The molecule has 1 atom stereocenters. The maximum absolute atomic E-state index is 11.2. The third-order valence-electron chi connectivity index (χ3n) is 2.23. The number of carbonyl (C=O) groups is 1. The van der Waals surface area contributed by atoms with Crippen LogP contribution in [0.2, 0.25) is 0 Å². The van der Waals surface area contributed by atoms with Crippen LogP contribution in [-0.4, -0.2) is 12.0 Å². The molecule has 2 N–H and O–H groups in total. The molecule has 0 aliphatic rings. The van der Waals surface area contributed by atoms with Crippen LogP contribution < -0.4 is 10.5 Å². The van der Waals surface area contributed by atoms with Crippen LogP contribution in [-0.2, 0) is 4.79 Å². The van der Waals surface area contributed by atoms with E-state index in [1.807, 2.05) is 45.0 Å². The first-order valence-electron chi connectivity index (χ1n) is 5.04. The average molecular weight is 207 g/mol. The number of para-hydroxylation sites is 1. The molecule has 0 aromatic heterocycles. The van der Waals surface area contributed by atoms with Crippen molar-refractivity contribution in [2.75, 3.05) is 0 Å². The lowest BCUT2D eigenvalue weighted by Gasteiger charge is -2.20. The molecule has 15 heavy (non-hydrogen) atoms. The van der Waals surface area contributed by atoms with Crippen LogP contribution in [0.15, 0.2) is 24.3 Å². The van der Waals surface area contributed by atoms with Crippen LogP contribution in [0.4, 0.5) is 0 Å². The van der Waals surface area contributed by atoms with Gasteiger partial charge in [-0.25, -0.2) is 0 Å². The highest BCUT2D eigenvalue weighted by atomic mass is 16.5. The first-order chi connectivity index (χ1) is 7.02. The van der Waals surface area contributed by atoms with Crippen molar-refractivity contribution in [2.24, 2.45) is 11.7 Å². The van der Waals surface area contributed by atoms with Crippen molar-refractivity contribution < 1.29 is 9.53 Å². The summed E-state index contributed by atoms with van der Waals surface area (Å²) in [5.41, 5.74) is 6.28. The summed E-state index contributed by atoms with van der Waals surface area (Å²) in [4.78, 5) is 11.2. The van der Waals surface area contributed by atoms with E-state index in [1.54, 1.807) is 0 Å². The van der Waals surface area contributed by atoms with Crippen LogP contribution in [0.25, 0.3) is 0 Å². The zero-order chi connectivity index (χ0) is 11.4. The molecule has 0 bridgehead atoms. The highest BCUT2D eigenvalue weighted by molar-refractivity contribution is 5.79. The van der Waals surface area contributed by atoms with Crippen LogP contribution in [0.1, 0.15) is 19.4 Å².